The molecule has 0 heterocycles. The van der Waals surface area contributed by atoms with Gasteiger partial charge in [0, 0.05) is 17.5 Å². The Morgan fingerprint density at radius 3 is 2.21 bits per heavy atom. The van der Waals surface area contributed by atoms with Crippen LogP contribution in [0.5, 0.6) is 5.75 Å². The van der Waals surface area contributed by atoms with E-state index >= 15 is 0 Å². The highest BCUT2D eigenvalue weighted by molar-refractivity contribution is 5.98. The molecule has 3 nitrogen and oxygen atoms in total. The van der Waals surface area contributed by atoms with Crippen molar-refractivity contribution in [2.75, 3.05) is 7.11 Å². The third-order valence-electron chi connectivity index (χ3n) is 2.89. The van der Waals surface area contributed by atoms with E-state index in [4.69, 9.17) is 4.74 Å². The van der Waals surface area contributed by atoms with E-state index in [0.29, 0.717) is 17.5 Å². The van der Waals surface area contributed by atoms with Gasteiger partial charge in [0.1, 0.15) is 12.0 Å². The van der Waals surface area contributed by atoms with Crippen molar-refractivity contribution in [2.24, 2.45) is 0 Å². The Hall–Kier alpha value is -2.42. The van der Waals surface area contributed by atoms with Gasteiger partial charge in [-0.25, -0.2) is 0 Å². The highest BCUT2D eigenvalue weighted by Crippen LogP contribution is 2.14. The summed E-state index contributed by atoms with van der Waals surface area (Å²) in [6.45, 7) is 0. The summed E-state index contributed by atoms with van der Waals surface area (Å²) in [4.78, 5) is 22.6. The minimum absolute atomic E-state index is 0.0302. The lowest BCUT2D eigenvalue weighted by Gasteiger charge is -2.03. The molecule has 3 heteroatoms. The summed E-state index contributed by atoms with van der Waals surface area (Å²) in [5, 5.41) is 0. The summed E-state index contributed by atoms with van der Waals surface area (Å²) < 4.78 is 5.07. The average molecular weight is 254 g/mol. The molecule has 0 unspecified atom stereocenters. The zero-order valence-corrected chi connectivity index (χ0v) is 10.6. The Labute approximate surface area is 111 Å². The molecule has 0 radical (unpaired) electrons. The fraction of sp³-hybridized carbons (Fsp3) is 0.125. The molecule has 2 rings (SSSR count). The van der Waals surface area contributed by atoms with E-state index in [9.17, 15) is 9.59 Å². The van der Waals surface area contributed by atoms with Crippen LogP contribution in [0.2, 0.25) is 0 Å². The third-order valence-corrected chi connectivity index (χ3v) is 2.89. The third kappa shape index (κ3) is 3.28. The molecule has 2 aromatic rings. The van der Waals surface area contributed by atoms with Gasteiger partial charge in [-0.3, -0.25) is 9.59 Å². The number of hydrogen-bond acceptors (Lipinski definition) is 3. The summed E-state index contributed by atoms with van der Waals surface area (Å²) in [6, 6.07) is 14.1. The van der Waals surface area contributed by atoms with E-state index in [-0.39, 0.29) is 5.78 Å². The smallest absolute Gasteiger partial charge is 0.167 e. The van der Waals surface area contributed by atoms with Crippen LogP contribution in [-0.2, 0) is 6.42 Å². The van der Waals surface area contributed by atoms with E-state index in [1.54, 1.807) is 31.4 Å². The molecule has 0 saturated heterocycles. The van der Waals surface area contributed by atoms with Crippen molar-refractivity contribution < 1.29 is 14.3 Å². The molecule has 0 aromatic heterocycles. The Morgan fingerprint density at radius 2 is 1.68 bits per heavy atom. The number of ether oxygens (including phenoxy) is 1. The average Bonchev–Trinajstić information content (AvgIpc) is 2.48. The van der Waals surface area contributed by atoms with Crippen LogP contribution in [0.1, 0.15) is 26.3 Å². The number of benzene rings is 2. The normalized spacial score (nSPS) is 9.95. The Kier molecular flexibility index (Phi) is 4.08. The van der Waals surface area contributed by atoms with Crippen LogP contribution in [-0.4, -0.2) is 19.2 Å². The minimum atomic E-state index is 0.0302. The number of hydrogen-bond donors (Lipinski definition) is 0. The highest BCUT2D eigenvalue weighted by Gasteiger charge is 2.07. The molecule has 19 heavy (non-hydrogen) atoms. The summed E-state index contributed by atoms with van der Waals surface area (Å²) in [5.41, 5.74) is 2.12. The van der Waals surface area contributed by atoms with Crippen LogP contribution in [0.3, 0.4) is 0 Å². The number of rotatable bonds is 5. The second kappa shape index (κ2) is 5.96. The first-order valence-electron chi connectivity index (χ1n) is 5.94. The molecule has 0 aliphatic carbocycles. The fourth-order valence-electron chi connectivity index (χ4n) is 1.78. The van der Waals surface area contributed by atoms with Crippen molar-refractivity contribution >= 4 is 12.1 Å². The second-order valence-corrected chi connectivity index (χ2v) is 4.19. The van der Waals surface area contributed by atoms with Crippen LogP contribution in [0.25, 0.3) is 0 Å². The first-order valence-corrected chi connectivity index (χ1v) is 5.94. The molecule has 0 bridgehead atoms. The van der Waals surface area contributed by atoms with Gasteiger partial charge in [-0.05, 0) is 17.7 Å². The summed E-state index contributed by atoms with van der Waals surface area (Å²) in [6.07, 6.45) is 1.10. The Bertz CT molecular complexity index is 568. The minimum Gasteiger partial charge on any atom is -0.497 e. The Morgan fingerprint density at radius 1 is 1.05 bits per heavy atom. The zero-order valence-electron chi connectivity index (χ0n) is 10.6. The lowest BCUT2D eigenvalue weighted by atomic mass is 10.0. The van der Waals surface area contributed by atoms with Crippen molar-refractivity contribution in [2.45, 2.75) is 6.42 Å². The zero-order chi connectivity index (χ0) is 13.7. The standard InChI is InChI=1S/C16H14O3/c1-19-15-8-4-12(5-9-15)10-16(18)14-6-2-13(11-17)3-7-14/h2-9,11H,10H2,1H3. The molecular formula is C16H14O3. The number of Topliss-reactive ketones (excluding diaryl/α,β-unsaturated/α-hetero) is 1. The fourth-order valence-corrected chi connectivity index (χ4v) is 1.78. The van der Waals surface area contributed by atoms with Crippen molar-refractivity contribution in [3.8, 4) is 5.75 Å². The molecule has 0 N–H and O–H groups in total. The van der Waals surface area contributed by atoms with E-state index < -0.39 is 0 Å². The maximum atomic E-state index is 12.0. The molecule has 0 amide bonds. The monoisotopic (exact) mass is 254 g/mol. The van der Waals surface area contributed by atoms with Gasteiger partial charge in [0.2, 0.25) is 0 Å². The van der Waals surface area contributed by atoms with Gasteiger partial charge in [0.15, 0.2) is 5.78 Å². The van der Waals surface area contributed by atoms with E-state index in [1.165, 1.54) is 0 Å². The van der Waals surface area contributed by atoms with E-state index in [2.05, 4.69) is 0 Å². The maximum absolute atomic E-state index is 12.0. The molecule has 96 valence electrons. The van der Waals surface area contributed by atoms with Gasteiger partial charge >= 0.3 is 0 Å². The van der Waals surface area contributed by atoms with E-state index in [1.807, 2.05) is 24.3 Å². The number of carbonyl (C=O) groups is 2. The molecule has 0 aliphatic heterocycles. The van der Waals surface area contributed by atoms with Gasteiger partial charge in [-0.15, -0.1) is 0 Å². The van der Waals surface area contributed by atoms with Crippen LogP contribution in [0.4, 0.5) is 0 Å². The number of aldehydes is 1. The highest BCUT2D eigenvalue weighted by atomic mass is 16.5. The van der Waals surface area contributed by atoms with Crippen LogP contribution in [0.15, 0.2) is 48.5 Å². The number of carbonyl (C=O) groups excluding carboxylic acids is 2. The molecule has 0 atom stereocenters. The van der Waals surface area contributed by atoms with E-state index in [0.717, 1.165) is 17.6 Å². The quantitative estimate of drug-likeness (QED) is 0.608. The molecule has 2 aromatic carbocycles. The topological polar surface area (TPSA) is 43.4 Å². The predicted octanol–water partition coefficient (Wildman–Crippen LogP) is 2.93. The van der Waals surface area contributed by atoms with Crippen LogP contribution in [0, 0.1) is 0 Å². The van der Waals surface area contributed by atoms with Gasteiger partial charge in [0.05, 0.1) is 7.11 Å². The largest absolute Gasteiger partial charge is 0.497 e. The predicted molar refractivity (Wildman–Crippen MR) is 72.9 cm³/mol. The maximum Gasteiger partial charge on any atom is 0.167 e. The SMILES string of the molecule is COc1ccc(CC(=O)c2ccc(C=O)cc2)cc1. The number of ketones is 1. The molecule has 0 spiro atoms. The molecule has 0 aliphatic rings. The van der Waals surface area contributed by atoms with Crippen molar-refractivity contribution in [3.63, 3.8) is 0 Å². The molecule has 0 saturated carbocycles. The summed E-state index contributed by atoms with van der Waals surface area (Å²) >= 11 is 0. The van der Waals surface area contributed by atoms with Crippen LogP contribution < -0.4 is 4.74 Å². The van der Waals surface area contributed by atoms with Gasteiger partial charge < -0.3 is 4.74 Å². The van der Waals surface area contributed by atoms with Crippen molar-refractivity contribution in [1.29, 1.82) is 0 Å². The number of methoxy groups -OCH3 is 1. The lowest BCUT2D eigenvalue weighted by molar-refractivity contribution is 0.0992. The second-order valence-electron chi connectivity index (χ2n) is 4.19. The Balaban J connectivity index is 2.08. The summed E-state index contributed by atoms with van der Waals surface area (Å²) in [5.74, 6) is 0.800. The summed E-state index contributed by atoms with van der Waals surface area (Å²) in [7, 11) is 1.61. The van der Waals surface area contributed by atoms with Crippen molar-refractivity contribution in [3.05, 3.63) is 65.2 Å². The van der Waals surface area contributed by atoms with Crippen LogP contribution >= 0.6 is 0 Å². The first-order chi connectivity index (χ1) is 9.22. The van der Waals surface area contributed by atoms with Crippen molar-refractivity contribution in [1.82, 2.24) is 0 Å². The molecule has 0 fully saturated rings. The van der Waals surface area contributed by atoms with Gasteiger partial charge in [-0.1, -0.05) is 36.4 Å². The van der Waals surface area contributed by atoms with Gasteiger partial charge in [0.25, 0.3) is 0 Å². The lowest BCUT2D eigenvalue weighted by Crippen LogP contribution is -2.03. The molecular weight excluding hydrogens is 240 g/mol. The van der Waals surface area contributed by atoms with Gasteiger partial charge in [-0.2, -0.15) is 0 Å². The first kappa shape index (κ1) is 13.0.